The second-order valence-corrected chi connectivity index (χ2v) is 11.8. The van der Waals surface area contributed by atoms with E-state index in [9.17, 15) is 22.8 Å². The monoisotopic (exact) mass is 663 g/mol. The largest absolute Gasteiger partial charge is 0.455 e. The standard InChI is InChI=1S/C32H32F3N9O4/c1-2-18-16-44(30(45)39-21-4-3-19(24(12-21)32(33,34)35)15-43-9-7-36-8-10-43)17-20-11-22(14-38-27(18)20)47-26-5-6-37-28-23(26)13-25(40-28)29-41-31(46)48-42-29/h3-6,11-14,18,36H,2,7-10,15-17H2,1H3,(H,37,40)(H,39,45)(H,41,42,46)/t18-/m0/s1. The fourth-order valence-electron chi connectivity index (χ4n) is 6.21. The molecule has 0 bridgehead atoms. The highest BCUT2D eigenvalue weighted by Gasteiger charge is 2.35. The van der Waals surface area contributed by atoms with Crippen molar-refractivity contribution < 1.29 is 27.2 Å². The number of halogens is 3. The van der Waals surface area contributed by atoms with Gasteiger partial charge >= 0.3 is 18.0 Å². The molecule has 48 heavy (non-hydrogen) atoms. The van der Waals surface area contributed by atoms with Crippen molar-refractivity contribution in [1.29, 1.82) is 0 Å². The number of nitrogens with one attached hydrogen (secondary N) is 4. The van der Waals surface area contributed by atoms with Crippen molar-refractivity contribution >= 4 is 22.8 Å². The minimum Gasteiger partial charge on any atom is -0.455 e. The van der Waals surface area contributed by atoms with Crippen LogP contribution in [0.25, 0.3) is 22.6 Å². The molecule has 4 N–H and O–H groups in total. The zero-order valence-corrected chi connectivity index (χ0v) is 25.9. The molecular formula is C32H32F3N9O4. The van der Waals surface area contributed by atoms with Crippen LogP contribution in [-0.2, 0) is 19.3 Å². The molecule has 1 fully saturated rings. The SMILES string of the molecule is CC[C@H]1CN(C(=O)Nc2ccc(CN3CCNCC3)c(C(F)(F)F)c2)Cc2cc(Oc3ccnc4[nH]c(-c5noc(=O)[nH]5)cc34)cnc21. The molecular weight excluding hydrogens is 631 g/mol. The number of ether oxygens (including phenoxy) is 1. The number of hydrogen-bond donors (Lipinski definition) is 4. The van der Waals surface area contributed by atoms with E-state index < -0.39 is 23.5 Å². The number of carbonyl (C=O) groups excluding carboxylic acids is 1. The van der Waals surface area contributed by atoms with E-state index in [4.69, 9.17) is 4.74 Å². The minimum absolute atomic E-state index is 0.0766. The number of anilines is 1. The van der Waals surface area contributed by atoms with E-state index in [0.717, 1.165) is 30.4 Å². The van der Waals surface area contributed by atoms with Gasteiger partial charge in [-0.2, -0.15) is 13.2 Å². The summed E-state index contributed by atoms with van der Waals surface area (Å²) in [4.78, 5) is 43.0. The highest BCUT2D eigenvalue weighted by Crippen LogP contribution is 2.37. The van der Waals surface area contributed by atoms with Crippen LogP contribution in [0.15, 0.2) is 58.1 Å². The van der Waals surface area contributed by atoms with Crippen molar-refractivity contribution in [3.63, 3.8) is 0 Å². The molecule has 1 atom stereocenters. The fraction of sp³-hybridized carbons (Fsp3) is 0.344. The predicted molar refractivity (Wildman–Crippen MR) is 169 cm³/mol. The van der Waals surface area contributed by atoms with Gasteiger partial charge in [0.15, 0.2) is 5.82 Å². The Bertz CT molecular complexity index is 2020. The van der Waals surface area contributed by atoms with Gasteiger partial charge in [0.25, 0.3) is 0 Å². The Morgan fingerprint density at radius 2 is 1.96 bits per heavy atom. The van der Waals surface area contributed by atoms with Gasteiger partial charge in [-0.25, -0.2) is 14.6 Å². The molecule has 0 radical (unpaired) electrons. The quantitative estimate of drug-likeness (QED) is 0.187. The molecule has 1 saturated heterocycles. The van der Waals surface area contributed by atoms with Crippen LogP contribution in [0.2, 0.25) is 0 Å². The number of rotatable bonds is 7. The first-order valence-electron chi connectivity index (χ1n) is 15.5. The van der Waals surface area contributed by atoms with Gasteiger partial charge in [-0.3, -0.25) is 19.4 Å². The number of hydrogen-bond acceptors (Lipinski definition) is 9. The van der Waals surface area contributed by atoms with Crippen molar-refractivity contribution in [3.05, 3.63) is 81.7 Å². The first-order chi connectivity index (χ1) is 23.1. The molecule has 1 aromatic carbocycles. The van der Waals surface area contributed by atoms with Crippen LogP contribution in [-0.4, -0.2) is 73.6 Å². The number of aromatic nitrogens is 5. The molecule has 2 aliphatic heterocycles. The molecule has 7 rings (SSSR count). The fourth-order valence-corrected chi connectivity index (χ4v) is 6.21. The molecule has 4 aromatic heterocycles. The van der Waals surface area contributed by atoms with Crippen molar-refractivity contribution in [2.45, 2.75) is 38.5 Å². The lowest BCUT2D eigenvalue weighted by Crippen LogP contribution is -2.43. The molecule has 6 heterocycles. The summed E-state index contributed by atoms with van der Waals surface area (Å²) in [5.74, 6) is 0.334. The summed E-state index contributed by atoms with van der Waals surface area (Å²) in [6.07, 6.45) is -0.686. The van der Waals surface area contributed by atoms with Crippen LogP contribution in [0.1, 0.15) is 41.6 Å². The van der Waals surface area contributed by atoms with E-state index in [1.165, 1.54) is 12.1 Å². The summed E-state index contributed by atoms with van der Waals surface area (Å²) in [5, 5.41) is 10.2. The summed E-state index contributed by atoms with van der Waals surface area (Å²) < 4.78 is 53.1. The number of urea groups is 1. The highest BCUT2D eigenvalue weighted by molar-refractivity contribution is 5.90. The molecule has 5 aromatic rings. The summed E-state index contributed by atoms with van der Waals surface area (Å²) in [6, 6.07) is 8.70. The summed E-state index contributed by atoms with van der Waals surface area (Å²) in [6.45, 7) is 5.51. The van der Waals surface area contributed by atoms with Crippen LogP contribution < -0.4 is 21.1 Å². The lowest BCUT2D eigenvalue weighted by Gasteiger charge is -2.34. The maximum Gasteiger partial charge on any atom is 0.439 e. The minimum atomic E-state index is -4.57. The summed E-state index contributed by atoms with van der Waals surface area (Å²) in [7, 11) is 0. The van der Waals surface area contributed by atoms with E-state index in [1.54, 1.807) is 29.4 Å². The molecule has 0 spiro atoms. The number of H-pyrrole nitrogens is 2. The molecule has 2 amide bonds. The third-order valence-corrected chi connectivity index (χ3v) is 8.63. The predicted octanol–water partition coefficient (Wildman–Crippen LogP) is 5.06. The molecule has 0 aliphatic carbocycles. The zero-order chi connectivity index (χ0) is 33.4. The average molecular weight is 664 g/mol. The topological polar surface area (TPSA) is 157 Å². The molecule has 250 valence electrons. The van der Waals surface area contributed by atoms with Crippen molar-refractivity contribution in [2.24, 2.45) is 0 Å². The van der Waals surface area contributed by atoms with E-state index in [1.807, 2.05) is 17.9 Å². The lowest BCUT2D eigenvalue weighted by molar-refractivity contribution is -0.138. The van der Waals surface area contributed by atoms with Gasteiger partial charge in [0, 0.05) is 63.6 Å². The Hall–Kier alpha value is -5.22. The number of nitrogens with zero attached hydrogens (tertiary/aromatic N) is 5. The summed E-state index contributed by atoms with van der Waals surface area (Å²) >= 11 is 0. The van der Waals surface area contributed by atoms with Gasteiger partial charge in [0.2, 0.25) is 0 Å². The third kappa shape index (κ3) is 6.48. The number of pyridine rings is 2. The van der Waals surface area contributed by atoms with Gasteiger partial charge in [-0.05, 0) is 47.9 Å². The molecule has 2 aliphatic rings. The second-order valence-electron chi connectivity index (χ2n) is 11.8. The Kier molecular flexibility index (Phi) is 8.35. The number of benzene rings is 1. The van der Waals surface area contributed by atoms with E-state index in [2.05, 4.69) is 40.2 Å². The molecule has 13 nitrogen and oxygen atoms in total. The molecule has 0 unspecified atom stereocenters. The number of aromatic amines is 2. The maximum absolute atomic E-state index is 14.1. The Balaban J connectivity index is 1.09. The highest BCUT2D eigenvalue weighted by atomic mass is 19.4. The van der Waals surface area contributed by atoms with Crippen molar-refractivity contribution in [3.8, 4) is 23.0 Å². The number of amides is 2. The first kappa shape index (κ1) is 31.4. The zero-order valence-electron chi connectivity index (χ0n) is 25.9. The van der Waals surface area contributed by atoms with Gasteiger partial charge in [0.1, 0.15) is 17.1 Å². The van der Waals surface area contributed by atoms with E-state index in [0.29, 0.717) is 54.3 Å². The first-order valence-corrected chi connectivity index (χ1v) is 15.5. The Morgan fingerprint density at radius 1 is 1.12 bits per heavy atom. The van der Waals surface area contributed by atoms with Gasteiger partial charge in [-0.15, -0.1) is 0 Å². The van der Waals surface area contributed by atoms with Crippen LogP contribution >= 0.6 is 0 Å². The van der Waals surface area contributed by atoms with Gasteiger partial charge in [-0.1, -0.05) is 18.1 Å². The van der Waals surface area contributed by atoms with E-state index >= 15 is 0 Å². The second kappa shape index (κ2) is 12.8. The third-order valence-electron chi connectivity index (χ3n) is 8.63. The van der Waals surface area contributed by atoms with Crippen LogP contribution in [0.4, 0.5) is 23.7 Å². The smallest absolute Gasteiger partial charge is 0.439 e. The van der Waals surface area contributed by atoms with E-state index in [-0.39, 0.29) is 36.1 Å². The number of carbonyl (C=O) groups is 1. The van der Waals surface area contributed by atoms with Crippen LogP contribution in [0.5, 0.6) is 11.5 Å². The number of fused-ring (bicyclic) bond motifs is 2. The Morgan fingerprint density at radius 3 is 2.71 bits per heavy atom. The maximum atomic E-state index is 14.1. The van der Waals surface area contributed by atoms with Gasteiger partial charge in [0.05, 0.1) is 28.5 Å². The number of alkyl halides is 3. The average Bonchev–Trinajstić information content (AvgIpc) is 3.71. The number of piperazine rings is 1. The molecule has 16 heteroatoms. The van der Waals surface area contributed by atoms with Crippen molar-refractivity contribution in [1.82, 2.24) is 40.2 Å². The van der Waals surface area contributed by atoms with Crippen LogP contribution in [0, 0.1) is 0 Å². The lowest BCUT2D eigenvalue weighted by atomic mass is 9.92. The van der Waals surface area contributed by atoms with Gasteiger partial charge < -0.3 is 25.3 Å². The van der Waals surface area contributed by atoms with Crippen molar-refractivity contribution in [2.75, 3.05) is 38.0 Å². The Labute approximate surface area is 271 Å². The van der Waals surface area contributed by atoms with Crippen LogP contribution in [0.3, 0.4) is 0 Å². The molecule has 0 saturated carbocycles. The normalized spacial score (nSPS) is 17.0. The summed E-state index contributed by atoms with van der Waals surface area (Å²) in [5.41, 5.74) is 2.08.